The number of ether oxygens (including phenoxy) is 2. The number of fused-ring (bicyclic) bond motifs is 2. The molecule has 1 N–H and O–H groups in total. The Labute approximate surface area is 328 Å². The van der Waals surface area contributed by atoms with Crippen LogP contribution < -0.4 is 30.9 Å². The van der Waals surface area contributed by atoms with Gasteiger partial charge in [-0.05, 0) is 68.2 Å². The molecule has 2 aromatic carbocycles. The number of methoxy groups -OCH3 is 2. The molecule has 0 saturated carbocycles. The Bertz CT molecular complexity index is 2700. The largest absolute Gasteiger partial charge is 0.496 e. The molecule has 3 aliphatic heterocycles. The van der Waals surface area contributed by atoms with Crippen molar-refractivity contribution in [2.24, 2.45) is 26.6 Å². The van der Waals surface area contributed by atoms with E-state index in [-0.39, 0.29) is 29.0 Å². The summed E-state index contributed by atoms with van der Waals surface area (Å²) in [6.45, 7) is 4.23. The van der Waals surface area contributed by atoms with Gasteiger partial charge in [0.2, 0.25) is 11.8 Å². The molecular weight excluding hydrogens is 727 g/mol. The Hall–Kier alpha value is -6.22. The van der Waals surface area contributed by atoms with Gasteiger partial charge in [0.25, 0.3) is 5.56 Å². The van der Waals surface area contributed by atoms with E-state index in [4.69, 9.17) is 9.47 Å². The monoisotopic (exact) mass is 771 g/mol. The minimum atomic E-state index is -0.716. The normalized spacial score (nSPS) is 18.3. The zero-order valence-corrected chi connectivity index (χ0v) is 32.7. The molecule has 1 spiro atoms. The lowest BCUT2D eigenvalue weighted by Gasteiger charge is -2.55. The van der Waals surface area contributed by atoms with E-state index in [1.807, 2.05) is 49.8 Å². The van der Waals surface area contributed by atoms with Crippen molar-refractivity contribution < 1.29 is 19.1 Å². The predicted octanol–water partition coefficient (Wildman–Crippen LogP) is 3.75. The van der Waals surface area contributed by atoms with E-state index in [0.29, 0.717) is 35.4 Å². The summed E-state index contributed by atoms with van der Waals surface area (Å²) in [5.74, 6) is 0.690. The molecule has 57 heavy (non-hydrogen) atoms. The number of aromatic nitrogens is 6. The van der Waals surface area contributed by atoms with Crippen LogP contribution in [0.3, 0.4) is 0 Å². The lowest BCUT2D eigenvalue weighted by Crippen LogP contribution is -2.60. The van der Waals surface area contributed by atoms with Crippen molar-refractivity contribution in [1.82, 2.24) is 38.7 Å². The van der Waals surface area contributed by atoms with Gasteiger partial charge < -0.3 is 18.9 Å². The standard InChI is InChI=1S/C42H45N9O6/c1-46-21-29(27-17-31(26-18-44-47(2)20-26)43-19-28(27)40(46)54)25-15-35(56-4)30(36(16-25)57-5)22-49-13-11-42(12-14-49)23-50(24-42)32-7-6-8-33-38(32)48(3)41(55)51(33)34-9-10-37(52)45-39(34)53/h6-8,15-21,34H,9-14,22-24H2,1-5H3,(H,45,52,53). The molecule has 0 aliphatic carbocycles. The van der Waals surface area contributed by atoms with E-state index < -0.39 is 11.9 Å². The number of para-hydroxylation sites is 1. The van der Waals surface area contributed by atoms with Crippen LogP contribution in [0.2, 0.25) is 0 Å². The van der Waals surface area contributed by atoms with Crippen LogP contribution in [0.15, 0.2) is 70.8 Å². The summed E-state index contributed by atoms with van der Waals surface area (Å²) >= 11 is 0. The number of carbonyl (C=O) groups excluding carboxylic acids is 2. The molecule has 15 heteroatoms. The highest BCUT2D eigenvalue weighted by atomic mass is 16.5. The number of nitrogens with zero attached hydrogens (tertiary/aromatic N) is 8. The molecule has 294 valence electrons. The van der Waals surface area contributed by atoms with Crippen molar-refractivity contribution in [3.8, 4) is 33.9 Å². The van der Waals surface area contributed by atoms with Gasteiger partial charge in [-0.15, -0.1) is 0 Å². The number of carbonyl (C=O) groups is 2. The van der Waals surface area contributed by atoms with E-state index in [0.717, 1.165) is 83.6 Å². The second kappa shape index (κ2) is 13.8. The Morgan fingerprint density at radius 2 is 1.63 bits per heavy atom. The average Bonchev–Trinajstić information content (AvgIpc) is 3.75. The molecule has 1 atom stereocenters. The quantitative estimate of drug-likeness (QED) is 0.227. The van der Waals surface area contributed by atoms with Crippen LogP contribution in [0, 0.1) is 5.41 Å². The molecule has 6 aromatic rings. The fraction of sp³-hybridized carbons (Fsp3) is 0.381. The molecule has 0 radical (unpaired) electrons. The van der Waals surface area contributed by atoms with Crippen molar-refractivity contribution in [1.29, 1.82) is 0 Å². The maximum absolute atomic E-state index is 13.5. The first kappa shape index (κ1) is 36.4. The molecule has 0 bridgehead atoms. The zero-order valence-electron chi connectivity index (χ0n) is 32.7. The van der Waals surface area contributed by atoms with Crippen LogP contribution in [0.1, 0.15) is 37.3 Å². The highest BCUT2D eigenvalue weighted by molar-refractivity contribution is 6.01. The number of amides is 2. The third kappa shape index (κ3) is 6.07. The van der Waals surface area contributed by atoms with Gasteiger partial charge >= 0.3 is 5.69 Å². The second-order valence-electron chi connectivity index (χ2n) is 15.8. The number of piperidine rings is 2. The molecular formula is C42H45N9O6. The van der Waals surface area contributed by atoms with Gasteiger partial charge in [-0.25, -0.2) is 4.79 Å². The van der Waals surface area contributed by atoms with Crippen molar-refractivity contribution in [3.63, 3.8) is 0 Å². The maximum Gasteiger partial charge on any atom is 0.329 e. The van der Waals surface area contributed by atoms with Crippen LogP contribution in [-0.2, 0) is 37.3 Å². The average molecular weight is 772 g/mol. The third-order valence-corrected chi connectivity index (χ3v) is 12.3. The van der Waals surface area contributed by atoms with E-state index in [1.54, 1.807) is 59.1 Å². The summed E-state index contributed by atoms with van der Waals surface area (Å²) in [6, 6.07) is 11.2. The van der Waals surface area contributed by atoms with Crippen molar-refractivity contribution in [2.45, 2.75) is 38.3 Å². The molecule has 4 aromatic heterocycles. The lowest BCUT2D eigenvalue weighted by atomic mass is 9.71. The molecule has 3 saturated heterocycles. The minimum Gasteiger partial charge on any atom is -0.496 e. The number of imide groups is 1. The highest BCUT2D eigenvalue weighted by Crippen LogP contribution is 2.46. The van der Waals surface area contributed by atoms with Gasteiger partial charge in [0.1, 0.15) is 17.5 Å². The molecule has 7 heterocycles. The van der Waals surface area contributed by atoms with Crippen LogP contribution in [0.4, 0.5) is 5.69 Å². The van der Waals surface area contributed by atoms with Gasteiger partial charge in [0.15, 0.2) is 0 Å². The number of anilines is 1. The van der Waals surface area contributed by atoms with Gasteiger partial charge in [-0.1, -0.05) is 6.07 Å². The second-order valence-corrected chi connectivity index (χ2v) is 15.8. The first-order valence-corrected chi connectivity index (χ1v) is 19.2. The Kier molecular flexibility index (Phi) is 8.79. The maximum atomic E-state index is 13.5. The summed E-state index contributed by atoms with van der Waals surface area (Å²) < 4.78 is 18.5. The zero-order chi connectivity index (χ0) is 39.7. The van der Waals surface area contributed by atoms with Crippen molar-refractivity contribution >= 4 is 39.3 Å². The molecule has 15 nitrogen and oxygen atoms in total. The summed E-state index contributed by atoms with van der Waals surface area (Å²) in [5.41, 5.74) is 6.55. The summed E-state index contributed by atoms with van der Waals surface area (Å²) in [5, 5.41) is 7.99. The predicted molar refractivity (Wildman–Crippen MR) is 215 cm³/mol. The molecule has 3 aliphatic rings. The van der Waals surface area contributed by atoms with E-state index in [1.165, 1.54) is 0 Å². The Morgan fingerprint density at radius 1 is 0.895 bits per heavy atom. The first-order chi connectivity index (χ1) is 27.5. The first-order valence-electron chi connectivity index (χ1n) is 19.2. The Morgan fingerprint density at radius 3 is 2.30 bits per heavy atom. The number of pyridine rings is 2. The van der Waals surface area contributed by atoms with E-state index >= 15 is 0 Å². The fourth-order valence-corrected chi connectivity index (χ4v) is 9.16. The smallest absolute Gasteiger partial charge is 0.329 e. The lowest BCUT2D eigenvalue weighted by molar-refractivity contribution is -0.135. The number of aryl methyl sites for hydroxylation is 3. The summed E-state index contributed by atoms with van der Waals surface area (Å²) in [6.07, 6.45) is 9.71. The Balaban J connectivity index is 0.935. The number of hydrogen-bond acceptors (Lipinski definition) is 10. The van der Waals surface area contributed by atoms with Gasteiger partial charge in [0.05, 0.1) is 53.8 Å². The molecule has 1 unspecified atom stereocenters. The fourth-order valence-electron chi connectivity index (χ4n) is 9.16. The van der Waals surface area contributed by atoms with Crippen molar-refractivity contribution in [3.05, 3.63) is 87.6 Å². The van der Waals surface area contributed by atoms with Gasteiger partial charge in [-0.2, -0.15) is 5.10 Å². The van der Waals surface area contributed by atoms with Crippen LogP contribution >= 0.6 is 0 Å². The summed E-state index contributed by atoms with van der Waals surface area (Å²) in [7, 11) is 8.71. The SMILES string of the molecule is COc1cc(-c2cn(C)c(=O)c3cnc(-c4cnn(C)c4)cc23)cc(OC)c1CN1CCC2(CC1)CN(c1cccc3c1n(C)c(=O)n3C1CCC(=O)NC1=O)C2. The van der Waals surface area contributed by atoms with E-state index in [9.17, 15) is 19.2 Å². The van der Waals surface area contributed by atoms with E-state index in [2.05, 4.69) is 31.3 Å². The third-order valence-electron chi connectivity index (χ3n) is 12.3. The number of nitrogens with one attached hydrogen (secondary N) is 1. The molecule has 3 fully saturated rings. The topological polar surface area (TPSA) is 151 Å². The highest BCUT2D eigenvalue weighted by Gasteiger charge is 2.46. The minimum absolute atomic E-state index is 0.126. The number of imidazole rings is 1. The summed E-state index contributed by atoms with van der Waals surface area (Å²) in [4.78, 5) is 60.7. The number of benzene rings is 2. The number of hydrogen-bond donors (Lipinski definition) is 1. The van der Waals surface area contributed by atoms with Crippen LogP contribution in [-0.4, -0.2) is 85.6 Å². The van der Waals surface area contributed by atoms with Crippen LogP contribution in [0.25, 0.3) is 44.2 Å². The molecule has 9 rings (SSSR count). The van der Waals surface area contributed by atoms with Crippen molar-refractivity contribution in [2.75, 3.05) is 45.3 Å². The van der Waals surface area contributed by atoms with Gasteiger partial charge in [-0.3, -0.25) is 43.4 Å². The van der Waals surface area contributed by atoms with Crippen LogP contribution in [0.5, 0.6) is 11.5 Å². The van der Waals surface area contributed by atoms with Gasteiger partial charge in [0, 0.05) is 87.7 Å². The molecule has 2 amide bonds. The number of rotatable bonds is 8. The number of likely N-dealkylation sites (tertiary alicyclic amines) is 1.